The first kappa shape index (κ1) is 20.2. The van der Waals surface area contributed by atoms with Crippen LogP contribution in [-0.2, 0) is 10.4 Å². The van der Waals surface area contributed by atoms with Crippen LogP contribution in [-0.4, -0.2) is 38.8 Å². The Morgan fingerprint density at radius 3 is 2.74 bits per heavy atom. The second-order valence-electron chi connectivity index (χ2n) is 6.51. The monoisotopic (exact) mass is 369 g/mol. The van der Waals surface area contributed by atoms with Crippen LogP contribution < -0.4 is 10.6 Å². The Labute approximate surface area is 157 Å². The van der Waals surface area contributed by atoms with Gasteiger partial charge in [-0.3, -0.25) is 4.79 Å². The molecule has 8 heteroatoms. The van der Waals surface area contributed by atoms with Gasteiger partial charge in [-0.2, -0.15) is 0 Å². The van der Waals surface area contributed by atoms with Crippen molar-refractivity contribution in [1.82, 2.24) is 20.3 Å². The van der Waals surface area contributed by atoms with Crippen molar-refractivity contribution in [3.8, 4) is 0 Å². The number of hydrogen-bond donors (Lipinski definition) is 3. The van der Waals surface area contributed by atoms with Gasteiger partial charge in [0.2, 0.25) is 0 Å². The van der Waals surface area contributed by atoms with Crippen molar-refractivity contribution in [2.24, 2.45) is 0 Å². The Kier molecular flexibility index (Phi) is 6.36. The van der Waals surface area contributed by atoms with Gasteiger partial charge in [0.25, 0.3) is 5.91 Å². The van der Waals surface area contributed by atoms with Crippen molar-refractivity contribution in [3.05, 3.63) is 54.1 Å². The molecule has 0 aliphatic carbocycles. The lowest BCUT2D eigenvalue weighted by atomic mass is 10.1. The molecule has 0 aliphatic heterocycles. The topological polar surface area (TPSA) is 117 Å². The number of carbonyl (C=O) groups is 2. The van der Waals surface area contributed by atoms with E-state index in [0.717, 1.165) is 6.29 Å². The summed E-state index contributed by atoms with van der Waals surface area (Å²) >= 11 is 0. The van der Waals surface area contributed by atoms with E-state index in [4.69, 9.17) is 0 Å². The third-order valence-electron chi connectivity index (χ3n) is 3.69. The van der Waals surface area contributed by atoms with Gasteiger partial charge >= 0.3 is 0 Å². The normalized spacial score (nSPS) is 12.1. The first-order valence-electron chi connectivity index (χ1n) is 8.44. The van der Waals surface area contributed by atoms with Crippen LogP contribution in [0, 0.1) is 0 Å². The highest BCUT2D eigenvalue weighted by Crippen LogP contribution is 2.23. The van der Waals surface area contributed by atoms with Crippen LogP contribution in [0.1, 0.15) is 48.6 Å². The second-order valence-corrected chi connectivity index (χ2v) is 6.51. The number of nitrogens with zero attached hydrogens (tertiary/aromatic N) is 3. The molecule has 0 fully saturated rings. The summed E-state index contributed by atoms with van der Waals surface area (Å²) in [5.74, 6) is -0.00859. The molecule has 0 bridgehead atoms. The molecule has 2 heterocycles. The Bertz CT molecular complexity index is 845. The Morgan fingerprint density at radius 2 is 2.11 bits per heavy atom. The predicted octanol–water partition coefficient (Wildman–Crippen LogP) is 2.06. The minimum absolute atomic E-state index is 0.203. The lowest BCUT2D eigenvalue weighted by Crippen LogP contribution is -2.25. The number of anilines is 2. The third-order valence-corrected chi connectivity index (χ3v) is 3.69. The van der Waals surface area contributed by atoms with E-state index in [2.05, 4.69) is 32.2 Å². The van der Waals surface area contributed by atoms with Gasteiger partial charge in [0.15, 0.2) is 0 Å². The maximum absolute atomic E-state index is 12.4. The SMILES string of the molecule is C=CCNC(=O)c1cnc(C(C)C=O)nc1Nc1cccc(C(C)(C)O)n1. The number of aldehydes is 1. The van der Waals surface area contributed by atoms with Crippen LogP contribution in [0.5, 0.6) is 0 Å². The van der Waals surface area contributed by atoms with Crippen molar-refractivity contribution in [3.63, 3.8) is 0 Å². The Morgan fingerprint density at radius 1 is 1.37 bits per heavy atom. The third kappa shape index (κ3) is 5.18. The number of carbonyl (C=O) groups excluding carboxylic acids is 2. The average Bonchev–Trinajstić information content (AvgIpc) is 2.65. The van der Waals surface area contributed by atoms with E-state index in [1.54, 1.807) is 45.0 Å². The largest absolute Gasteiger partial charge is 0.384 e. The number of nitrogens with one attached hydrogen (secondary N) is 2. The molecule has 0 aromatic carbocycles. The highest BCUT2D eigenvalue weighted by atomic mass is 16.3. The summed E-state index contributed by atoms with van der Waals surface area (Å²) in [6.45, 7) is 8.77. The summed E-state index contributed by atoms with van der Waals surface area (Å²) in [5.41, 5.74) is -0.458. The van der Waals surface area contributed by atoms with Crippen molar-refractivity contribution in [2.45, 2.75) is 32.3 Å². The molecule has 0 radical (unpaired) electrons. The van der Waals surface area contributed by atoms with Gasteiger partial charge < -0.3 is 20.5 Å². The second kappa shape index (κ2) is 8.50. The molecule has 1 unspecified atom stereocenters. The van der Waals surface area contributed by atoms with Crippen LogP contribution in [0.4, 0.5) is 11.6 Å². The molecular formula is C19H23N5O3. The molecule has 0 saturated heterocycles. The van der Waals surface area contributed by atoms with E-state index in [-0.39, 0.29) is 29.7 Å². The summed E-state index contributed by atoms with van der Waals surface area (Å²) in [6, 6.07) is 5.12. The number of rotatable bonds is 8. The van der Waals surface area contributed by atoms with E-state index in [1.807, 2.05) is 0 Å². The summed E-state index contributed by atoms with van der Waals surface area (Å²) in [4.78, 5) is 36.2. The fraction of sp³-hybridized carbons (Fsp3) is 0.316. The number of hydrogen-bond acceptors (Lipinski definition) is 7. The smallest absolute Gasteiger partial charge is 0.256 e. The van der Waals surface area contributed by atoms with Gasteiger partial charge in [-0.15, -0.1) is 6.58 Å². The molecular weight excluding hydrogens is 346 g/mol. The van der Waals surface area contributed by atoms with E-state index >= 15 is 0 Å². The standard InChI is InChI=1S/C19H23N5O3/c1-5-9-20-18(26)13-10-21-16(12(2)11-25)24-17(13)23-15-8-6-7-14(22-15)19(3,4)27/h5-8,10-12,27H,1,9H2,2-4H3,(H,20,26)(H,21,22,23,24). The maximum Gasteiger partial charge on any atom is 0.256 e. The van der Waals surface area contributed by atoms with Gasteiger partial charge in [0.1, 0.15) is 34.9 Å². The van der Waals surface area contributed by atoms with Gasteiger partial charge in [0, 0.05) is 12.7 Å². The van der Waals surface area contributed by atoms with Gasteiger partial charge in [-0.1, -0.05) is 12.1 Å². The Balaban J connectivity index is 2.44. The fourth-order valence-corrected chi connectivity index (χ4v) is 2.16. The summed E-state index contributed by atoms with van der Waals surface area (Å²) in [6.07, 6.45) is 3.65. The lowest BCUT2D eigenvalue weighted by molar-refractivity contribution is -0.108. The van der Waals surface area contributed by atoms with E-state index in [9.17, 15) is 14.7 Å². The van der Waals surface area contributed by atoms with Gasteiger partial charge in [-0.05, 0) is 32.9 Å². The van der Waals surface area contributed by atoms with E-state index in [1.165, 1.54) is 6.20 Å². The molecule has 1 amide bonds. The number of pyridine rings is 1. The molecule has 8 nitrogen and oxygen atoms in total. The molecule has 27 heavy (non-hydrogen) atoms. The first-order valence-corrected chi connectivity index (χ1v) is 8.44. The fourth-order valence-electron chi connectivity index (χ4n) is 2.16. The van der Waals surface area contributed by atoms with Gasteiger partial charge in [-0.25, -0.2) is 15.0 Å². The molecule has 1 atom stereocenters. The van der Waals surface area contributed by atoms with Crippen LogP contribution in [0.15, 0.2) is 37.1 Å². The Hall–Kier alpha value is -3.13. The summed E-state index contributed by atoms with van der Waals surface area (Å²) in [7, 11) is 0. The minimum atomic E-state index is -1.12. The van der Waals surface area contributed by atoms with Crippen molar-refractivity contribution in [1.29, 1.82) is 0 Å². The maximum atomic E-state index is 12.4. The number of amides is 1. The highest BCUT2D eigenvalue weighted by molar-refractivity contribution is 5.99. The van der Waals surface area contributed by atoms with E-state index < -0.39 is 11.5 Å². The predicted molar refractivity (Wildman–Crippen MR) is 102 cm³/mol. The molecule has 2 rings (SSSR count). The van der Waals surface area contributed by atoms with Crippen molar-refractivity contribution < 1.29 is 14.7 Å². The zero-order valence-corrected chi connectivity index (χ0v) is 15.6. The van der Waals surface area contributed by atoms with Crippen molar-refractivity contribution in [2.75, 3.05) is 11.9 Å². The minimum Gasteiger partial charge on any atom is -0.384 e. The van der Waals surface area contributed by atoms with Crippen LogP contribution in [0.2, 0.25) is 0 Å². The van der Waals surface area contributed by atoms with Crippen LogP contribution in [0.25, 0.3) is 0 Å². The summed E-state index contributed by atoms with van der Waals surface area (Å²) in [5, 5.41) is 15.8. The van der Waals surface area contributed by atoms with E-state index in [0.29, 0.717) is 11.5 Å². The molecule has 2 aromatic heterocycles. The lowest BCUT2D eigenvalue weighted by Gasteiger charge is -2.18. The zero-order valence-electron chi connectivity index (χ0n) is 15.6. The molecule has 2 aromatic rings. The highest BCUT2D eigenvalue weighted by Gasteiger charge is 2.20. The quantitative estimate of drug-likeness (QED) is 0.481. The average molecular weight is 369 g/mol. The van der Waals surface area contributed by atoms with Crippen molar-refractivity contribution >= 4 is 23.8 Å². The number of aliphatic hydroxyl groups is 1. The molecule has 142 valence electrons. The molecule has 0 spiro atoms. The first-order chi connectivity index (χ1) is 12.8. The van der Waals surface area contributed by atoms with Gasteiger partial charge in [0.05, 0.1) is 11.6 Å². The summed E-state index contributed by atoms with van der Waals surface area (Å²) < 4.78 is 0. The molecule has 3 N–H and O–H groups in total. The van der Waals surface area contributed by atoms with Crippen LogP contribution >= 0.6 is 0 Å². The van der Waals surface area contributed by atoms with Crippen LogP contribution in [0.3, 0.4) is 0 Å². The number of aromatic nitrogens is 3. The zero-order chi connectivity index (χ0) is 20.0. The molecule has 0 saturated carbocycles. The molecule has 0 aliphatic rings.